The van der Waals surface area contributed by atoms with Crippen LogP contribution in [0.5, 0.6) is 0 Å². The molecule has 1 aromatic carbocycles. The maximum absolute atomic E-state index is 11.7. The molecule has 0 spiro atoms. The molecule has 2 rings (SSSR count). The van der Waals surface area contributed by atoms with Crippen molar-refractivity contribution in [2.75, 3.05) is 23.1 Å². The fourth-order valence-corrected chi connectivity index (χ4v) is 2.44. The Kier molecular flexibility index (Phi) is 4.02. The molecule has 4 nitrogen and oxygen atoms in total. The second kappa shape index (κ2) is 5.39. The predicted octanol–water partition coefficient (Wildman–Crippen LogP) is 2.32. The van der Waals surface area contributed by atoms with Crippen molar-refractivity contribution in [1.82, 2.24) is 0 Å². The zero-order valence-corrected chi connectivity index (χ0v) is 11.9. The molecule has 1 heterocycles. The summed E-state index contributed by atoms with van der Waals surface area (Å²) in [5.74, 6) is 0.234. The van der Waals surface area contributed by atoms with E-state index in [1.165, 1.54) is 0 Å². The second-order valence-corrected chi connectivity index (χ2v) is 5.87. The Morgan fingerprint density at radius 3 is 2.95 bits per heavy atom. The van der Waals surface area contributed by atoms with Crippen LogP contribution in [0.1, 0.15) is 25.8 Å². The van der Waals surface area contributed by atoms with Gasteiger partial charge in [-0.05, 0) is 17.7 Å². The first kappa shape index (κ1) is 14.2. The van der Waals surface area contributed by atoms with E-state index in [1.807, 2.05) is 18.2 Å². The van der Waals surface area contributed by atoms with E-state index in [0.717, 1.165) is 16.9 Å². The van der Waals surface area contributed by atoms with Gasteiger partial charge < -0.3 is 15.7 Å². The van der Waals surface area contributed by atoms with Crippen LogP contribution in [-0.2, 0) is 10.2 Å². The number of anilines is 2. The average Bonchev–Trinajstić information content (AvgIpc) is 2.34. The predicted molar refractivity (Wildman–Crippen MR) is 77.9 cm³/mol. The number of hydrogen-bond acceptors (Lipinski definition) is 3. The van der Waals surface area contributed by atoms with Gasteiger partial charge >= 0.3 is 0 Å². The molecule has 0 aromatic heterocycles. The van der Waals surface area contributed by atoms with Gasteiger partial charge in [-0.25, -0.2) is 0 Å². The van der Waals surface area contributed by atoms with Crippen LogP contribution in [0.4, 0.5) is 11.4 Å². The molecular weight excluding hydrogens is 264 g/mol. The van der Waals surface area contributed by atoms with Gasteiger partial charge in [0, 0.05) is 29.8 Å². The molecule has 1 unspecified atom stereocenters. The number of hydrogen-bond donors (Lipinski definition) is 3. The van der Waals surface area contributed by atoms with E-state index < -0.39 is 6.10 Å². The molecule has 0 fully saturated rings. The van der Waals surface area contributed by atoms with Gasteiger partial charge in [0.1, 0.15) is 0 Å². The third-order valence-electron chi connectivity index (χ3n) is 3.35. The van der Waals surface area contributed by atoms with Crippen LogP contribution in [0.2, 0.25) is 0 Å². The highest BCUT2D eigenvalue weighted by molar-refractivity contribution is 6.18. The van der Waals surface area contributed by atoms with Gasteiger partial charge in [-0.15, -0.1) is 11.6 Å². The Labute approximate surface area is 118 Å². The van der Waals surface area contributed by atoms with Crippen LogP contribution in [0, 0.1) is 0 Å². The maximum atomic E-state index is 11.7. The van der Waals surface area contributed by atoms with E-state index in [1.54, 1.807) is 0 Å². The van der Waals surface area contributed by atoms with Crippen molar-refractivity contribution in [3.05, 3.63) is 23.8 Å². The van der Waals surface area contributed by atoms with Crippen molar-refractivity contribution >= 4 is 28.9 Å². The number of halogens is 1. The second-order valence-electron chi connectivity index (χ2n) is 5.56. The van der Waals surface area contributed by atoms with Gasteiger partial charge in [-0.2, -0.15) is 0 Å². The highest BCUT2D eigenvalue weighted by Gasteiger charge is 2.31. The van der Waals surface area contributed by atoms with Crippen molar-refractivity contribution in [3.63, 3.8) is 0 Å². The lowest BCUT2D eigenvalue weighted by molar-refractivity contribution is -0.117. The number of nitrogens with one attached hydrogen (secondary N) is 2. The fraction of sp³-hybridized carbons (Fsp3) is 0.500. The van der Waals surface area contributed by atoms with Crippen LogP contribution in [0.25, 0.3) is 0 Å². The molecule has 0 saturated heterocycles. The number of alkyl halides is 1. The Morgan fingerprint density at radius 2 is 2.26 bits per heavy atom. The fourth-order valence-electron chi connectivity index (χ4n) is 2.33. The van der Waals surface area contributed by atoms with Gasteiger partial charge in [0.05, 0.1) is 12.0 Å². The molecule has 5 heteroatoms. The van der Waals surface area contributed by atoms with Gasteiger partial charge in [0.2, 0.25) is 5.91 Å². The summed E-state index contributed by atoms with van der Waals surface area (Å²) in [6.45, 7) is 4.52. The van der Waals surface area contributed by atoms with Gasteiger partial charge in [-0.3, -0.25) is 4.79 Å². The first-order valence-electron chi connectivity index (χ1n) is 6.34. The summed E-state index contributed by atoms with van der Waals surface area (Å²) < 4.78 is 0. The Balaban J connectivity index is 2.19. The van der Waals surface area contributed by atoms with Gasteiger partial charge in [0.15, 0.2) is 0 Å². The third kappa shape index (κ3) is 3.19. The lowest BCUT2D eigenvalue weighted by atomic mass is 9.78. The molecule has 104 valence electrons. The maximum Gasteiger partial charge on any atom is 0.225 e. The summed E-state index contributed by atoms with van der Waals surface area (Å²) in [7, 11) is 0. The number of carbonyl (C=O) groups is 1. The smallest absolute Gasteiger partial charge is 0.225 e. The van der Waals surface area contributed by atoms with E-state index >= 15 is 0 Å². The third-order valence-corrected chi connectivity index (χ3v) is 3.70. The Morgan fingerprint density at radius 1 is 1.53 bits per heavy atom. The minimum Gasteiger partial charge on any atom is -0.390 e. The summed E-state index contributed by atoms with van der Waals surface area (Å²) in [5, 5.41) is 15.4. The quantitative estimate of drug-likeness (QED) is 0.743. The zero-order chi connectivity index (χ0) is 14.0. The number of amides is 1. The molecule has 3 N–H and O–H groups in total. The average molecular weight is 283 g/mol. The lowest BCUT2D eigenvalue weighted by Gasteiger charge is -2.32. The summed E-state index contributed by atoms with van der Waals surface area (Å²) in [6, 6.07) is 5.87. The standard InChI is InChI=1S/C14H19ClN2O2/c1-14(2)6-13(19)17-12-5-9(3-4-11(12)14)16-8-10(18)7-15/h3-5,10,16,18H,6-8H2,1-2H3,(H,17,19). The first-order chi connectivity index (χ1) is 8.92. The van der Waals surface area contributed by atoms with Crippen molar-refractivity contribution in [2.45, 2.75) is 31.8 Å². The van der Waals surface area contributed by atoms with Gasteiger partial charge in [0.25, 0.3) is 0 Å². The molecule has 1 aliphatic rings. The molecule has 0 saturated carbocycles. The normalized spacial score (nSPS) is 18.4. The number of fused-ring (bicyclic) bond motifs is 1. The SMILES string of the molecule is CC1(C)CC(=O)Nc2cc(NCC(O)CCl)ccc21. The van der Waals surface area contributed by atoms with Crippen LogP contribution in [0.3, 0.4) is 0 Å². The molecule has 1 atom stereocenters. The lowest BCUT2D eigenvalue weighted by Crippen LogP contribution is -2.32. The topological polar surface area (TPSA) is 61.4 Å². The van der Waals surface area contributed by atoms with Crippen molar-refractivity contribution in [1.29, 1.82) is 0 Å². The molecule has 1 aromatic rings. The molecular formula is C14H19ClN2O2. The summed E-state index contributed by atoms with van der Waals surface area (Å²) in [6.07, 6.45) is -0.0821. The Hall–Kier alpha value is -1.26. The largest absolute Gasteiger partial charge is 0.390 e. The van der Waals surface area contributed by atoms with Crippen LogP contribution in [0.15, 0.2) is 18.2 Å². The van der Waals surface area contributed by atoms with E-state index in [4.69, 9.17) is 11.6 Å². The monoisotopic (exact) mass is 282 g/mol. The molecule has 1 amide bonds. The molecule has 19 heavy (non-hydrogen) atoms. The molecule has 0 radical (unpaired) electrons. The van der Waals surface area contributed by atoms with Crippen LogP contribution in [-0.4, -0.2) is 29.5 Å². The van der Waals surface area contributed by atoms with Crippen molar-refractivity contribution < 1.29 is 9.90 Å². The number of carbonyl (C=O) groups excluding carboxylic acids is 1. The molecule has 0 aliphatic carbocycles. The van der Waals surface area contributed by atoms with Crippen LogP contribution >= 0.6 is 11.6 Å². The number of rotatable bonds is 4. The van der Waals surface area contributed by atoms with Crippen LogP contribution < -0.4 is 10.6 Å². The van der Waals surface area contributed by atoms with Crippen molar-refractivity contribution in [2.24, 2.45) is 0 Å². The first-order valence-corrected chi connectivity index (χ1v) is 6.88. The highest BCUT2D eigenvalue weighted by atomic mass is 35.5. The summed E-state index contributed by atoms with van der Waals surface area (Å²) >= 11 is 5.54. The van der Waals surface area contributed by atoms with Crippen molar-refractivity contribution in [3.8, 4) is 0 Å². The number of aliphatic hydroxyl groups is 1. The summed E-state index contributed by atoms with van der Waals surface area (Å²) in [5.41, 5.74) is 2.69. The minimum atomic E-state index is -0.580. The van der Waals surface area contributed by atoms with E-state index in [2.05, 4.69) is 24.5 Å². The molecule has 1 aliphatic heterocycles. The minimum absolute atomic E-state index is 0.0374. The van der Waals surface area contributed by atoms with E-state index in [0.29, 0.717) is 13.0 Å². The number of aliphatic hydroxyl groups excluding tert-OH is 1. The highest BCUT2D eigenvalue weighted by Crippen LogP contribution is 2.38. The number of benzene rings is 1. The van der Waals surface area contributed by atoms with Gasteiger partial charge in [-0.1, -0.05) is 19.9 Å². The molecule has 0 bridgehead atoms. The van der Waals surface area contributed by atoms with E-state index in [9.17, 15) is 9.90 Å². The van der Waals surface area contributed by atoms with E-state index in [-0.39, 0.29) is 17.2 Å². The summed E-state index contributed by atoms with van der Waals surface area (Å²) in [4.78, 5) is 11.7. The Bertz CT molecular complexity index is 488. The zero-order valence-electron chi connectivity index (χ0n) is 11.2.